The first kappa shape index (κ1) is 11.8. The highest BCUT2D eigenvalue weighted by Gasteiger charge is 2.32. The highest BCUT2D eigenvalue weighted by Crippen LogP contribution is 2.30. The molecule has 1 aliphatic rings. The highest BCUT2D eigenvalue weighted by molar-refractivity contribution is 6.31. The molecule has 1 nitrogen and oxygen atoms in total. The molecule has 0 saturated carbocycles. The van der Waals surface area contributed by atoms with Gasteiger partial charge in [0.15, 0.2) is 0 Å². The van der Waals surface area contributed by atoms with Crippen LogP contribution in [0.3, 0.4) is 0 Å². The molecular weight excluding hydrogens is 232 g/mol. The Morgan fingerprint density at radius 3 is 2.69 bits per heavy atom. The predicted octanol–water partition coefficient (Wildman–Crippen LogP) is 3.11. The van der Waals surface area contributed by atoms with Crippen molar-refractivity contribution in [3.05, 3.63) is 34.6 Å². The topological polar surface area (TPSA) is 12.0 Å². The molecule has 0 aromatic heterocycles. The SMILES string of the molecule is Fc1ccc(Cl)c(CC2(F)CCNCC2)c1. The van der Waals surface area contributed by atoms with E-state index in [4.69, 9.17) is 11.6 Å². The van der Waals surface area contributed by atoms with Crippen LogP contribution in [0.1, 0.15) is 18.4 Å². The summed E-state index contributed by atoms with van der Waals surface area (Å²) >= 11 is 5.93. The summed E-state index contributed by atoms with van der Waals surface area (Å²) in [4.78, 5) is 0. The summed E-state index contributed by atoms with van der Waals surface area (Å²) in [6.45, 7) is 1.34. The fourth-order valence-corrected chi connectivity index (χ4v) is 2.26. The van der Waals surface area contributed by atoms with Crippen LogP contribution >= 0.6 is 11.6 Å². The third kappa shape index (κ3) is 2.71. The van der Waals surface area contributed by atoms with Gasteiger partial charge in [-0.05, 0) is 49.7 Å². The van der Waals surface area contributed by atoms with E-state index in [0.717, 1.165) is 0 Å². The van der Waals surface area contributed by atoms with E-state index in [9.17, 15) is 8.78 Å². The van der Waals surface area contributed by atoms with Crippen LogP contribution in [0.5, 0.6) is 0 Å². The zero-order valence-electron chi connectivity index (χ0n) is 8.90. The van der Waals surface area contributed by atoms with Crippen LogP contribution in [-0.4, -0.2) is 18.8 Å². The number of nitrogens with one attached hydrogen (secondary N) is 1. The second kappa shape index (κ2) is 4.68. The van der Waals surface area contributed by atoms with Crippen molar-refractivity contribution in [2.24, 2.45) is 0 Å². The van der Waals surface area contributed by atoms with E-state index in [-0.39, 0.29) is 12.2 Å². The molecule has 2 rings (SSSR count). The van der Waals surface area contributed by atoms with Crippen molar-refractivity contribution in [2.75, 3.05) is 13.1 Å². The van der Waals surface area contributed by atoms with Gasteiger partial charge in [-0.15, -0.1) is 0 Å². The number of hydrogen-bond donors (Lipinski definition) is 1. The molecule has 1 saturated heterocycles. The van der Waals surface area contributed by atoms with Crippen molar-refractivity contribution < 1.29 is 8.78 Å². The summed E-state index contributed by atoms with van der Waals surface area (Å²) in [5.41, 5.74) is -0.686. The molecule has 4 heteroatoms. The Balaban J connectivity index is 2.15. The number of hydrogen-bond acceptors (Lipinski definition) is 1. The summed E-state index contributed by atoms with van der Waals surface area (Å²) in [5, 5.41) is 3.55. The Hall–Kier alpha value is -0.670. The molecule has 1 fully saturated rings. The van der Waals surface area contributed by atoms with Gasteiger partial charge in [-0.3, -0.25) is 0 Å². The van der Waals surface area contributed by atoms with Gasteiger partial charge in [0.2, 0.25) is 0 Å². The standard InChI is InChI=1S/C12H14ClF2N/c13-11-2-1-10(14)7-9(11)8-12(15)3-5-16-6-4-12/h1-2,7,16H,3-6,8H2. The summed E-state index contributed by atoms with van der Waals surface area (Å²) < 4.78 is 27.4. The molecule has 88 valence electrons. The summed E-state index contributed by atoms with van der Waals surface area (Å²) in [6, 6.07) is 4.10. The van der Waals surface area contributed by atoms with E-state index < -0.39 is 5.67 Å². The lowest BCUT2D eigenvalue weighted by atomic mass is 9.88. The lowest BCUT2D eigenvalue weighted by Gasteiger charge is -2.30. The normalized spacial score (nSPS) is 19.7. The minimum absolute atomic E-state index is 0.200. The van der Waals surface area contributed by atoms with Gasteiger partial charge in [-0.25, -0.2) is 8.78 Å². The van der Waals surface area contributed by atoms with E-state index >= 15 is 0 Å². The molecule has 0 spiro atoms. The van der Waals surface area contributed by atoms with Gasteiger partial charge in [0.25, 0.3) is 0 Å². The average molecular weight is 246 g/mol. The van der Waals surface area contributed by atoms with Crippen LogP contribution in [0.15, 0.2) is 18.2 Å². The highest BCUT2D eigenvalue weighted by atomic mass is 35.5. The first-order valence-corrected chi connectivity index (χ1v) is 5.80. The maximum absolute atomic E-state index is 14.3. The van der Waals surface area contributed by atoms with Crippen LogP contribution in [0, 0.1) is 5.82 Å². The van der Waals surface area contributed by atoms with Crippen LogP contribution in [0.25, 0.3) is 0 Å². The van der Waals surface area contributed by atoms with Gasteiger partial charge in [-0.2, -0.15) is 0 Å². The maximum atomic E-state index is 14.3. The van der Waals surface area contributed by atoms with Gasteiger partial charge >= 0.3 is 0 Å². The van der Waals surface area contributed by atoms with E-state index in [1.807, 2.05) is 0 Å². The van der Waals surface area contributed by atoms with Crippen LogP contribution < -0.4 is 5.32 Å². The molecule has 0 amide bonds. The van der Waals surface area contributed by atoms with Crippen molar-refractivity contribution in [3.63, 3.8) is 0 Å². The van der Waals surface area contributed by atoms with Gasteiger partial charge in [-0.1, -0.05) is 11.6 Å². The predicted molar refractivity (Wildman–Crippen MR) is 61.1 cm³/mol. The first-order chi connectivity index (χ1) is 7.59. The Kier molecular flexibility index (Phi) is 3.45. The smallest absolute Gasteiger partial charge is 0.123 e. The fraction of sp³-hybridized carbons (Fsp3) is 0.500. The fourth-order valence-electron chi connectivity index (χ4n) is 2.07. The van der Waals surface area contributed by atoms with E-state index in [2.05, 4.69) is 5.32 Å². The van der Waals surface area contributed by atoms with E-state index in [1.165, 1.54) is 18.2 Å². The third-order valence-electron chi connectivity index (χ3n) is 3.01. The average Bonchev–Trinajstić information content (AvgIpc) is 2.24. The monoisotopic (exact) mass is 245 g/mol. The van der Waals surface area contributed by atoms with Crippen molar-refractivity contribution in [1.29, 1.82) is 0 Å². The molecule has 1 aromatic rings. The molecule has 1 aliphatic heterocycles. The number of halogens is 3. The van der Waals surface area contributed by atoms with Crippen molar-refractivity contribution in [2.45, 2.75) is 24.9 Å². The number of alkyl halides is 1. The first-order valence-electron chi connectivity index (χ1n) is 5.43. The molecule has 16 heavy (non-hydrogen) atoms. The maximum Gasteiger partial charge on any atom is 0.123 e. The Bertz CT molecular complexity index is 375. The van der Waals surface area contributed by atoms with Gasteiger partial charge in [0.1, 0.15) is 11.5 Å². The largest absolute Gasteiger partial charge is 0.316 e. The quantitative estimate of drug-likeness (QED) is 0.844. The molecule has 0 atom stereocenters. The Morgan fingerprint density at radius 2 is 2.00 bits per heavy atom. The zero-order chi connectivity index (χ0) is 11.6. The van der Waals surface area contributed by atoms with Gasteiger partial charge in [0, 0.05) is 11.4 Å². The molecule has 0 radical (unpaired) electrons. The third-order valence-corrected chi connectivity index (χ3v) is 3.38. The molecule has 0 bridgehead atoms. The minimum Gasteiger partial charge on any atom is -0.316 e. The summed E-state index contributed by atoms with van der Waals surface area (Å²) in [7, 11) is 0. The second-order valence-electron chi connectivity index (χ2n) is 4.31. The summed E-state index contributed by atoms with van der Waals surface area (Å²) in [6.07, 6.45) is 1.12. The lowest BCUT2D eigenvalue weighted by molar-refractivity contribution is 0.116. The van der Waals surface area contributed by atoms with E-state index in [1.54, 1.807) is 0 Å². The Labute approximate surface area is 98.8 Å². The number of rotatable bonds is 2. The molecular formula is C12H14ClF2N. The number of piperidine rings is 1. The summed E-state index contributed by atoms with van der Waals surface area (Å²) in [5.74, 6) is -0.364. The Morgan fingerprint density at radius 1 is 1.31 bits per heavy atom. The van der Waals surface area contributed by atoms with Gasteiger partial charge < -0.3 is 5.32 Å². The van der Waals surface area contributed by atoms with E-state index in [0.29, 0.717) is 36.5 Å². The minimum atomic E-state index is -1.25. The molecule has 1 heterocycles. The molecule has 1 aromatic carbocycles. The lowest BCUT2D eigenvalue weighted by Crippen LogP contribution is -2.40. The zero-order valence-corrected chi connectivity index (χ0v) is 9.66. The van der Waals surface area contributed by atoms with Crippen LogP contribution in [0.2, 0.25) is 5.02 Å². The van der Waals surface area contributed by atoms with Gasteiger partial charge in [0.05, 0.1) is 0 Å². The number of benzene rings is 1. The van der Waals surface area contributed by atoms with Crippen LogP contribution in [0.4, 0.5) is 8.78 Å². The molecule has 1 N–H and O–H groups in total. The van der Waals surface area contributed by atoms with Crippen molar-refractivity contribution in [1.82, 2.24) is 5.32 Å². The van der Waals surface area contributed by atoms with Crippen LogP contribution in [-0.2, 0) is 6.42 Å². The molecule has 0 unspecified atom stereocenters. The van der Waals surface area contributed by atoms with Crippen molar-refractivity contribution >= 4 is 11.6 Å². The second-order valence-corrected chi connectivity index (χ2v) is 4.72. The molecule has 0 aliphatic carbocycles. The van der Waals surface area contributed by atoms with Crippen molar-refractivity contribution in [3.8, 4) is 0 Å².